The van der Waals surface area contributed by atoms with E-state index < -0.39 is 59.0 Å². The van der Waals surface area contributed by atoms with Gasteiger partial charge in [0.1, 0.15) is 23.8 Å². The molecule has 1 aromatic heterocycles. The summed E-state index contributed by atoms with van der Waals surface area (Å²) in [6, 6.07) is -3.68. The quantitative estimate of drug-likeness (QED) is 0.196. The van der Waals surface area contributed by atoms with Gasteiger partial charge in [-0.25, -0.2) is 4.98 Å². The Balaban J connectivity index is 0. The lowest BCUT2D eigenvalue weighted by Crippen LogP contribution is -2.62. The van der Waals surface area contributed by atoms with Crippen LogP contribution in [0.3, 0.4) is 0 Å². The molecule has 0 aromatic carbocycles. The highest BCUT2D eigenvalue weighted by Gasteiger charge is 2.52. The molecule has 5 rings (SSSR count). The summed E-state index contributed by atoms with van der Waals surface area (Å²) in [6.45, 7) is 7.85. The van der Waals surface area contributed by atoms with Crippen molar-refractivity contribution in [1.82, 2.24) is 36.1 Å². The Hall–Kier alpha value is -3.20. The number of ketones is 1. The van der Waals surface area contributed by atoms with Crippen LogP contribution in [0.15, 0.2) is 18.6 Å². The molecular weight excluding hydrogens is 739 g/mol. The van der Waals surface area contributed by atoms with Crippen molar-refractivity contribution in [3.8, 4) is 0 Å². The van der Waals surface area contributed by atoms with Crippen molar-refractivity contribution in [1.29, 1.82) is 0 Å². The number of hydrogen-bond acceptors (Lipinski definition) is 8. The highest BCUT2D eigenvalue weighted by atomic mass is 32.1. The molecule has 316 valence electrons. The van der Waals surface area contributed by atoms with Crippen LogP contribution in [0.5, 0.6) is 0 Å². The standard InChI is InChI=1S/C36H53N7O6.4CH4.2H2S/c1-5-10-25(29(44)34(48)39-23-15-16-23)40-33(47)28-24-14-9-13-22(24)20-43(28)35(49)30(36(2,3)4)42-32(46)27(21-11-7-6-8-12-21)41-31(45)26-19-37-17-18-38-26;;;;;;/h17-19,21-25,27-28,30H,5-16,20H2,1-4H3,(H,39,48)(H,40,47)(H,41,45)(H,42,46);4*1H4;2*1H2/t22-,24-,25+,27+,28+,30+;;;;;;/m0....../s1. The van der Waals surface area contributed by atoms with Crippen LogP contribution in [-0.4, -0.2) is 86.9 Å². The largest absolute Gasteiger partial charge is 0.347 e. The first-order valence-electron chi connectivity index (χ1n) is 18.2. The lowest BCUT2D eigenvalue weighted by Gasteiger charge is -2.38. The molecule has 6 atom stereocenters. The third-order valence-corrected chi connectivity index (χ3v) is 10.7. The number of fused-ring (bicyclic) bond motifs is 1. The van der Waals surface area contributed by atoms with E-state index in [1.165, 1.54) is 18.6 Å². The lowest BCUT2D eigenvalue weighted by molar-refractivity contribution is -0.146. The van der Waals surface area contributed by atoms with Gasteiger partial charge in [0.05, 0.1) is 12.2 Å². The van der Waals surface area contributed by atoms with Crippen molar-refractivity contribution >= 4 is 62.3 Å². The number of hydrogen-bond donors (Lipinski definition) is 4. The third kappa shape index (κ3) is 13.5. The molecule has 5 amide bonds. The maximum Gasteiger partial charge on any atom is 0.289 e. The molecule has 4 N–H and O–H groups in total. The number of carbonyl (C=O) groups is 6. The van der Waals surface area contributed by atoms with Gasteiger partial charge in [-0.2, -0.15) is 27.0 Å². The van der Waals surface area contributed by atoms with Crippen LogP contribution in [0.25, 0.3) is 0 Å². The monoisotopic (exact) mass is 812 g/mol. The zero-order valence-corrected chi connectivity index (χ0v) is 32.3. The molecule has 4 aliphatic rings. The fourth-order valence-corrected chi connectivity index (χ4v) is 7.87. The van der Waals surface area contributed by atoms with Gasteiger partial charge in [-0.1, -0.05) is 89.5 Å². The zero-order valence-electron chi connectivity index (χ0n) is 30.3. The van der Waals surface area contributed by atoms with Crippen LogP contribution in [-0.2, 0) is 24.0 Å². The van der Waals surface area contributed by atoms with E-state index in [9.17, 15) is 28.8 Å². The number of rotatable bonds is 13. The van der Waals surface area contributed by atoms with Gasteiger partial charge in [-0.15, -0.1) is 0 Å². The number of carbonyl (C=O) groups excluding carboxylic acids is 6. The van der Waals surface area contributed by atoms with Crippen molar-refractivity contribution in [3.63, 3.8) is 0 Å². The van der Waals surface area contributed by atoms with Crippen LogP contribution in [0, 0.1) is 23.2 Å². The van der Waals surface area contributed by atoms with E-state index >= 15 is 0 Å². The van der Waals surface area contributed by atoms with Crippen LogP contribution in [0.1, 0.15) is 145 Å². The van der Waals surface area contributed by atoms with E-state index in [0.29, 0.717) is 19.4 Å². The Bertz CT molecular complexity index is 1400. The van der Waals surface area contributed by atoms with E-state index in [1.54, 1.807) is 4.90 Å². The second kappa shape index (κ2) is 23.8. The fourth-order valence-electron chi connectivity index (χ4n) is 7.87. The second-order valence-electron chi connectivity index (χ2n) is 15.5. The number of Topliss-reactive ketones (excluding diaryl/α,β-unsaturated/α-hetero) is 1. The number of nitrogens with one attached hydrogen (secondary N) is 4. The first kappa shape index (κ1) is 53.9. The molecule has 2 heterocycles. The molecule has 1 aliphatic heterocycles. The highest BCUT2D eigenvalue weighted by molar-refractivity contribution is 7.59. The highest BCUT2D eigenvalue weighted by Crippen LogP contribution is 2.43. The average Bonchev–Trinajstić information content (AvgIpc) is 3.65. The van der Waals surface area contributed by atoms with Gasteiger partial charge in [0.2, 0.25) is 23.5 Å². The predicted molar refractivity (Wildman–Crippen MR) is 228 cm³/mol. The van der Waals surface area contributed by atoms with Gasteiger partial charge >= 0.3 is 0 Å². The first-order chi connectivity index (χ1) is 23.4. The first-order valence-corrected chi connectivity index (χ1v) is 18.2. The summed E-state index contributed by atoms with van der Waals surface area (Å²) in [5.41, 5.74) is -0.638. The van der Waals surface area contributed by atoms with E-state index in [-0.39, 0.29) is 92.1 Å². The van der Waals surface area contributed by atoms with Gasteiger partial charge in [0.25, 0.3) is 11.8 Å². The molecule has 0 unspecified atom stereocenters. The van der Waals surface area contributed by atoms with Crippen molar-refractivity contribution in [3.05, 3.63) is 24.3 Å². The van der Waals surface area contributed by atoms with E-state index in [1.807, 2.05) is 27.7 Å². The van der Waals surface area contributed by atoms with Gasteiger partial charge in [0, 0.05) is 25.0 Å². The Morgan fingerprint density at radius 2 is 1.49 bits per heavy atom. The predicted octanol–water partition coefficient (Wildman–Crippen LogP) is 5.22. The molecule has 3 saturated carbocycles. The summed E-state index contributed by atoms with van der Waals surface area (Å²) in [7, 11) is 0. The molecule has 55 heavy (non-hydrogen) atoms. The minimum Gasteiger partial charge on any atom is -0.347 e. The summed E-state index contributed by atoms with van der Waals surface area (Å²) in [5, 5.41) is 11.5. The van der Waals surface area contributed by atoms with Crippen molar-refractivity contribution in [2.24, 2.45) is 23.2 Å². The molecule has 3 aliphatic carbocycles. The Morgan fingerprint density at radius 1 is 0.836 bits per heavy atom. The molecule has 0 spiro atoms. The van der Waals surface area contributed by atoms with Crippen LogP contribution in [0.2, 0.25) is 0 Å². The second-order valence-corrected chi connectivity index (χ2v) is 15.5. The molecule has 0 bridgehead atoms. The topological polar surface area (TPSA) is 180 Å². The molecule has 0 radical (unpaired) electrons. The molecular formula is C40H73N7O6S2. The molecule has 1 saturated heterocycles. The zero-order chi connectivity index (χ0) is 35.3. The van der Waals surface area contributed by atoms with Crippen LogP contribution < -0.4 is 21.3 Å². The Kier molecular flexibility index (Phi) is 23.3. The summed E-state index contributed by atoms with van der Waals surface area (Å²) < 4.78 is 0. The summed E-state index contributed by atoms with van der Waals surface area (Å²) in [4.78, 5) is 91.4. The van der Waals surface area contributed by atoms with Gasteiger partial charge in [-0.05, 0) is 68.1 Å². The van der Waals surface area contributed by atoms with Crippen molar-refractivity contribution in [2.75, 3.05) is 6.54 Å². The van der Waals surface area contributed by atoms with Crippen molar-refractivity contribution in [2.45, 2.75) is 165 Å². The number of amides is 5. The SMILES string of the molecule is C.C.C.C.CCC[C@@H](NC(=O)[C@H]1[C@H]2CCC[C@H]2CN1C(=O)[C@@H](NC(=O)[C@H](NC(=O)c1cnccn1)C1CCCCC1)C(C)(C)C)C(=O)C(=O)NC1CC1.S.S. The van der Waals surface area contributed by atoms with Crippen LogP contribution >= 0.6 is 27.0 Å². The van der Waals surface area contributed by atoms with Crippen LogP contribution in [0.4, 0.5) is 0 Å². The smallest absolute Gasteiger partial charge is 0.289 e. The van der Waals surface area contributed by atoms with E-state index in [0.717, 1.165) is 64.2 Å². The maximum atomic E-state index is 14.6. The van der Waals surface area contributed by atoms with E-state index in [2.05, 4.69) is 31.2 Å². The fraction of sp³-hybridized carbons (Fsp3) is 0.750. The minimum absolute atomic E-state index is 0. The molecule has 15 heteroatoms. The average molecular weight is 812 g/mol. The van der Waals surface area contributed by atoms with Gasteiger partial charge in [0.15, 0.2) is 0 Å². The van der Waals surface area contributed by atoms with Crippen molar-refractivity contribution < 1.29 is 28.8 Å². The van der Waals surface area contributed by atoms with Gasteiger partial charge < -0.3 is 26.2 Å². The van der Waals surface area contributed by atoms with Gasteiger partial charge in [-0.3, -0.25) is 33.8 Å². The molecule has 13 nitrogen and oxygen atoms in total. The number of likely N-dealkylation sites (tertiary alicyclic amines) is 1. The Labute approximate surface area is 344 Å². The third-order valence-electron chi connectivity index (χ3n) is 10.7. The summed E-state index contributed by atoms with van der Waals surface area (Å²) in [6.07, 6.45) is 13.9. The normalized spacial score (nSPS) is 21.6. The number of aromatic nitrogens is 2. The number of nitrogens with zero attached hydrogens (tertiary/aromatic N) is 3. The molecule has 4 fully saturated rings. The molecule has 1 aromatic rings. The lowest BCUT2D eigenvalue weighted by atomic mass is 9.82. The maximum absolute atomic E-state index is 14.6. The minimum atomic E-state index is -0.994. The summed E-state index contributed by atoms with van der Waals surface area (Å²) in [5.74, 6) is -3.20. The summed E-state index contributed by atoms with van der Waals surface area (Å²) >= 11 is 0. The van der Waals surface area contributed by atoms with E-state index in [4.69, 9.17) is 0 Å². The Morgan fingerprint density at radius 3 is 2.05 bits per heavy atom.